The van der Waals surface area contributed by atoms with Gasteiger partial charge in [-0.25, -0.2) is 0 Å². The van der Waals surface area contributed by atoms with Gasteiger partial charge in [-0.05, 0) is 62.9 Å². The van der Waals surface area contributed by atoms with Crippen molar-refractivity contribution in [3.05, 3.63) is 0 Å². The minimum atomic E-state index is 0.474. The van der Waals surface area contributed by atoms with Gasteiger partial charge in [-0.15, -0.1) is 0 Å². The molecule has 2 nitrogen and oxygen atoms in total. The molecule has 2 unspecified atom stereocenters. The second-order valence-electron chi connectivity index (χ2n) is 8.12. The Hall–Kier alpha value is -0.0800. The molecule has 3 fully saturated rings. The van der Waals surface area contributed by atoms with Crippen molar-refractivity contribution in [3.8, 4) is 0 Å². The summed E-state index contributed by atoms with van der Waals surface area (Å²) in [6.45, 7) is 9.70. The summed E-state index contributed by atoms with van der Waals surface area (Å²) in [7, 11) is 0. The zero-order valence-electron chi connectivity index (χ0n) is 13.8. The van der Waals surface area contributed by atoms with Crippen LogP contribution in [-0.2, 0) is 0 Å². The Morgan fingerprint density at radius 3 is 2.55 bits per heavy atom. The number of hydrogen-bond donors (Lipinski definition) is 1. The van der Waals surface area contributed by atoms with Gasteiger partial charge in [0.1, 0.15) is 0 Å². The average molecular weight is 278 g/mol. The SMILES string of the molecule is CCNC1C(N2CCC[C@H]3CCCC[C@H]32)CCC1(C)C. The van der Waals surface area contributed by atoms with E-state index in [2.05, 4.69) is 31.0 Å². The lowest BCUT2D eigenvalue weighted by Crippen LogP contribution is -2.58. The molecule has 1 aliphatic heterocycles. The maximum atomic E-state index is 3.84. The van der Waals surface area contributed by atoms with E-state index in [4.69, 9.17) is 0 Å². The fraction of sp³-hybridized carbons (Fsp3) is 1.00. The maximum Gasteiger partial charge on any atom is 0.0274 e. The fourth-order valence-corrected chi connectivity index (χ4v) is 5.43. The molecule has 2 aliphatic carbocycles. The largest absolute Gasteiger partial charge is 0.312 e. The Bertz CT molecular complexity index is 323. The summed E-state index contributed by atoms with van der Waals surface area (Å²) >= 11 is 0. The van der Waals surface area contributed by atoms with Crippen LogP contribution in [0.3, 0.4) is 0 Å². The van der Waals surface area contributed by atoms with E-state index in [1.54, 1.807) is 0 Å². The molecule has 0 aromatic rings. The lowest BCUT2D eigenvalue weighted by atomic mass is 9.77. The molecule has 2 saturated carbocycles. The molecule has 0 radical (unpaired) electrons. The van der Waals surface area contributed by atoms with E-state index in [1.165, 1.54) is 57.9 Å². The number of rotatable bonds is 3. The van der Waals surface area contributed by atoms with Crippen molar-refractivity contribution < 1.29 is 0 Å². The zero-order valence-corrected chi connectivity index (χ0v) is 13.8. The number of nitrogens with zero attached hydrogens (tertiary/aromatic N) is 1. The zero-order chi connectivity index (χ0) is 14.2. The highest BCUT2D eigenvalue weighted by Crippen LogP contribution is 2.44. The number of nitrogens with one attached hydrogen (secondary N) is 1. The fourth-order valence-electron chi connectivity index (χ4n) is 5.43. The Morgan fingerprint density at radius 2 is 1.75 bits per heavy atom. The van der Waals surface area contributed by atoms with Gasteiger partial charge >= 0.3 is 0 Å². The number of likely N-dealkylation sites (N-methyl/N-ethyl adjacent to an activating group) is 1. The van der Waals surface area contributed by atoms with Gasteiger partial charge < -0.3 is 5.32 Å². The summed E-state index contributed by atoms with van der Waals surface area (Å²) in [5.41, 5.74) is 0.474. The molecule has 1 N–H and O–H groups in total. The second-order valence-corrected chi connectivity index (χ2v) is 8.12. The van der Waals surface area contributed by atoms with Gasteiger partial charge in [0.05, 0.1) is 0 Å². The number of piperidine rings is 1. The van der Waals surface area contributed by atoms with Crippen molar-refractivity contribution in [1.82, 2.24) is 10.2 Å². The Labute approximate surface area is 125 Å². The molecular weight excluding hydrogens is 244 g/mol. The van der Waals surface area contributed by atoms with Gasteiger partial charge in [0, 0.05) is 18.1 Å². The molecule has 0 spiro atoms. The van der Waals surface area contributed by atoms with Crippen molar-refractivity contribution in [2.45, 2.75) is 90.3 Å². The van der Waals surface area contributed by atoms with E-state index in [0.717, 1.165) is 24.5 Å². The standard InChI is InChI=1S/C18H34N2/c1-4-19-17-16(11-12-18(17,2)3)20-13-7-9-14-8-5-6-10-15(14)20/h14-17,19H,4-13H2,1-3H3/t14-,15-,16?,17?/m1/s1. The van der Waals surface area contributed by atoms with Crippen LogP contribution >= 0.6 is 0 Å². The molecule has 0 aromatic heterocycles. The summed E-state index contributed by atoms with van der Waals surface area (Å²) in [6, 6.07) is 2.42. The van der Waals surface area contributed by atoms with Crippen LogP contribution in [0.2, 0.25) is 0 Å². The molecular formula is C18H34N2. The monoisotopic (exact) mass is 278 g/mol. The molecule has 3 aliphatic rings. The highest BCUT2D eigenvalue weighted by Gasteiger charge is 2.47. The molecule has 0 amide bonds. The maximum absolute atomic E-state index is 3.84. The highest BCUT2D eigenvalue weighted by molar-refractivity contribution is 5.04. The van der Waals surface area contributed by atoms with Crippen molar-refractivity contribution in [3.63, 3.8) is 0 Å². The van der Waals surface area contributed by atoms with E-state index >= 15 is 0 Å². The minimum Gasteiger partial charge on any atom is -0.312 e. The van der Waals surface area contributed by atoms with E-state index in [-0.39, 0.29) is 0 Å². The van der Waals surface area contributed by atoms with Crippen LogP contribution < -0.4 is 5.32 Å². The van der Waals surface area contributed by atoms with Gasteiger partial charge in [0.2, 0.25) is 0 Å². The molecule has 0 aromatic carbocycles. The molecule has 3 rings (SSSR count). The summed E-state index contributed by atoms with van der Waals surface area (Å²) in [6.07, 6.45) is 11.7. The van der Waals surface area contributed by atoms with Gasteiger partial charge in [-0.1, -0.05) is 33.6 Å². The van der Waals surface area contributed by atoms with Gasteiger partial charge in [0.25, 0.3) is 0 Å². The summed E-state index contributed by atoms with van der Waals surface area (Å²) < 4.78 is 0. The predicted octanol–water partition coefficient (Wildman–Crippen LogP) is 3.81. The molecule has 116 valence electrons. The predicted molar refractivity (Wildman–Crippen MR) is 86.0 cm³/mol. The highest BCUT2D eigenvalue weighted by atomic mass is 15.2. The molecule has 4 atom stereocenters. The van der Waals surface area contributed by atoms with Crippen molar-refractivity contribution in [2.75, 3.05) is 13.1 Å². The Balaban J connectivity index is 1.76. The van der Waals surface area contributed by atoms with Gasteiger partial charge in [0.15, 0.2) is 0 Å². The number of hydrogen-bond acceptors (Lipinski definition) is 2. The smallest absolute Gasteiger partial charge is 0.0274 e. The first-order chi connectivity index (χ1) is 9.63. The van der Waals surface area contributed by atoms with E-state index in [9.17, 15) is 0 Å². The quantitative estimate of drug-likeness (QED) is 0.844. The van der Waals surface area contributed by atoms with Crippen LogP contribution in [0.25, 0.3) is 0 Å². The average Bonchev–Trinajstić information content (AvgIpc) is 2.74. The van der Waals surface area contributed by atoms with Crippen LogP contribution in [0.4, 0.5) is 0 Å². The lowest BCUT2D eigenvalue weighted by Gasteiger charge is -2.49. The molecule has 0 bridgehead atoms. The summed E-state index contributed by atoms with van der Waals surface area (Å²) in [5, 5.41) is 3.84. The third-order valence-corrected chi connectivity index (χ3v) is 6.45. The van der Waals surface area contributed by atoms with Crippen LogP contribution in [0.15, 0.2) is 0 Å². The first-order valence-electron chi connectivity index (χ1n) is 9.12. The number of fused-ring (bicyclic) bond motifs is 1. The Kier molecular flexibility index (Phi) is 4.42. The van der Waals surface area contributed by atoms with Crippen molar-refractivity contribution >= 4 is 0 Å². The first-order valence-corrected chi connectivity index (χ1v) is 9.12. The third kappa shape index (κ3) is 2.66. The summed E-state index contributed by atoms with van der Waals surface area (Å²) in [4.78, 5) is 2.95. The van der Waals surface area contributed by atoms with E-state index in [1.807, 2.05) is 0 Å². The topological polar surface area (TPSA) is 15.3 Å². The molecule has 2 heteroatoms. The van der Waals surface area contributed by atoms with Crippen LogP contribution in [-0.4, -0.2) is 36.1 Å². The van der Waals surface area contributed by atoms with Gasteiger partial charge in [-0.2, -0.15) is 0 Å². The lowest BCUT2D eigenvalue weighted by molar-refractivity contribution is 0.0128. The third-order valence-electron chi connectivity index (χ3n) is 6.45. The molecule has 20 heavy (non-hydrogen) atoms. The Morgan fingerprint density at radius 1 is 1.00 bits per heavy atom. The molecule has 1 heterocycles. The molecule has 1 saturated heterocycles. The van der Waals surface area contributed by atoms with Gasteiger partial charge in [-0.3, -0.25) is 4.90 Å². The minimum absolute atomic E-state index is 0.474. The van der Waals surface area contributed by atoms with Crippen molar-refractivity contribution in [1.29, 1.82) is 0 Å². The summed E-state index contributed by atoms with van der Waals surface area (Å²) in [5.74, 6) is 1.02. The van der Waals surface area contributed by atoms with Crippen LogP contribution in [0, 0.1) is 11.3 Å². The van der Waals surface area contributed by atoms with Crippen LogP contribution in [0.5, 0.6) is 0 Å². The van der Waals surface area contributed by atoms with Crippen molar-refractivity contribution in [2.24, 2.45) is 11.3 Å². The first kappa shape index (κ1) is 14.8. The number of likely N-dealkylation sites (tertiary alicyclic amines) is 1. The second kappa shape index (κ2) is 5.96. The normalized spacial score (nSPS) is 41.5. The van der Waals surface area contributed by atoms with E-state index in [0.29, 0.717) is 11.5 Å². The van der Waals surface area contributed by atoms with E-state index < -0.39 is 0 Å². The van der Waals surface area contributed by atoms with Crippen LogP contribution in [0.1, 0.15) is 72.1 Å².